The van der Waals surface area contributed by atoms with E-state index in [9.17, 15) is 18.3 Å². The average Bonchev–Trinajstić information content (AvgIpc) is 3.30. The summed E-state index contributed by atoms with van der Waals surface area (Å²) >= 11 is 0. The molecule has 31 heavy (non-hydrogen) atoms. The van der Waals surface area contributed by atoms with Crippen molar-refractivity contribution >= 4 is 15.8 Å². The smallest absolute Gasteiger partial charge is 0.340 e. The second-order valence-corrected chi connectivity index (χ2v) is 9.67. The zero-order chi connectivity index (χ0) is 22.5. The molecule has 1 fully saturated rings. The Bertz CT molecular complexity index is 1080. The Labute approximate surface area is 182 Å². The maximum absolute atomic E-state index is 13.1. The van der Waals surface area contributed by atoms with Gasteiger partial charge in [0.2, 0.25) is 14.7 Å². The standard InChI is InChI=1S/C23H26N2O5S/c1-30-20-10-6-18(7-11-20)19-8-12-21(13-9-19)31(28,29)23(24,22(26)27)14-2-3-15-25-16-4-5-17-25/h6-13H,4-5,14-17,24H2,1H3,(H,26,27). The molecular formula is C23H26N2O5S. The molecule has 1 atom stereocenters. The maximum atomic E-state index is 13.1. The highest BCUT2D eigenvalue weighted by Crippen LogP contribution is 2.28. The van der Waals surface area contributed by atoms with Gasteiger partial charge in [0.1, 0.15) is 5.75 Å². The molecule has 164 valence electrons. The number of hydrogen-bond acceptors (Lipinski definition) is 6. The molecule has 3 N–H and O–H groups in total. The van der Waals surface area contributed by atoms with Crippen molar-refractivity contribution in [2.75, 3.05) is 26.7 Å². The summed E-state index contributed by atoms with van der Waals surface area (Å²) in [5, 5.41) is 9.63. The van der Waals surface area contributed by atoms with Crippen LogP contribution in [0.2, 0.25) is 0 Å². The van der Waals surface area contributed by atoms with Crippen molar-refractivity contribution in [3.05, 3.63) is 48.5 Å². The molecule has 0 saturated carbocycles. The first kappa shape index (κ1) is 22.8. The predicted octanol–water partition coefficient (Wildman–Crippen LogP) is 2.36. The molecule has 1 aliphatic rings. The van der Waals surface area contributed by atoms with Crippen molar-refractivity contribution in [2.24, 2.45) is 5.73 Å². The van der Waals surface area contributed by atoms with E-state index in [4.69, 9.17) is 10.5 Å². The Balaban J connectivity index is 1.80. The number of hydrogen-bond donors (Lipinski definition) is 2. The largest absolute Gasteiger partial charge is 0.497 e. The molecular weight excluding hydrogens is 416 g/mol. The van der Waals surface area contributed by atoms with Crippen LogP contribution in [0.5, 0.6) is 5.75 Å². The van der Waals surface area contributed by atoms with Crippen molar-refractivity contribution in [3.63, 3.8) is 0 Å². The number of benzene rings is 2. The Hall–Kier alpha value is -2.86. The van der Waals surface area contributed by atoms with E-state index in [0.29, 0.717) is 12.3 Å². The summed E-state index contributed by atoms with van der Waals surface area (Å²) in [6.07, 6.45) is 1.73. The number of rotatable bonds is 7. The SMILES string of the molecule is COc1ccc(-c2ccc(S(=O)(=O)C(N)(CC#CCN3CCCC3)C(=O)O)cc2)cc1. The van der Waals surface area contributed by atoms with Gasteiger partial charge in [-0.25, -0.2) is 13.2 Å². The quantitative estimate of drug-likeness (QED) is 0.634. The van der Waals surface area contributed by atoms with Gasteiger partial charge in [0.25, 0.3) is 0 Å². The third-order valence-corrected chi connectivity index (χ3v) is 7.58. The number of carboxylic acids is 1. The molecule has 0 aromatic heterocycles. The molecule has 2 aromatic rings. The van der Waals surface area contributed by atoms with Crippen LogP contribution in [-0.2, 0) is 14.6 Å². The molecule has 8 heteroatoms. The van der Waals surface area contributed by atoms with Crippen molar-refractivity contribution in [3.8, 4) is 28.7 Å². The van der Waals surface area contributed by atoms with Crippen LogP contribution >= 0.6 is 0 Å². The number of sulfone groups is 1. The predicted molar refractivity (Wildman–Crippen MR) is 118 cm³/mol. The lowest BCUT2D eigenvalue weighted by molar-refractivity contribution is -0.139. The first-order valence-corrected chi connectivity index (χ1v) is 11.5. The highest BCUT2D eigenvalue weighted by molar-refractivity contribution is 7.93. The van der Waals surface area contributed by atoms with Crippen LogP contribution < -0.4 is 10.5 Å². The first-order chi connectivity index (χ1) is 14.8. The number of nitrogens with two attached hydrogens (primary N) is 1. The number of nitrogens with zero attached hydrogens (tertiary/aromatic N) is 1. The molecule has 0 amide bonds. The summed E-state index contributed by atoms with van der Waals surface area (Å²) in [7, 11) is -2.79. The van der Waals surface area contributed by atoms with Gasteiger partial charge in [-0.05, 0) is 61.3 Å². The van der Waals surface area contributed by atoms with Gasteiger partial charge in [0, 0.05) is 0 Å². The second-order valence-electron chi connectivity index (χ2n) is 7.46. The van der Waals surface area contributed by atoms with E-state index in [1.54, 1.807) is 31.4 Å². The van der Waals surface area contributed by atoms with E-state index < -0.39 is 27.1 Å². The summed E-state index contributed by atoms with van der Waals surface area (Å²) in [6, 6.07) is 13.3. The third kappa shape index (κ3) is 4.90. The Kier molecular flexibility index (Phi) is 7.01. The zero-order valence-corrected chi connectivity index (χ0v) is 18.2. The Morgan fingerprint density at radius 2 is 1.61 bits per heavy atom. The van der Waals surface area contributed by atoms with Crippen molar-refractivity contribution in [2.45, 2.75) is 29.0 Å². The van der Waals surface area contributed by atoms with Gasteiger partial charge in [-0.1, -0.05) is 36.1 Å². The van der Waals surface area contributed by atoms with E-state index in [1.807, 2.05) is 12.1 Å². The normalized spacial score (nSPS) is 16.2. The van der Waals surface area contributed by atoms with E-state index in [0.717, 1.165) is 37.1 Å². The fourth-order valence-corrected chi connectivity index (χ4v) is 4.82. The van der Waals surface area contributed by atoms with Gasteiger partial charge in [-0.15, -0.1) is 0 Å². The van der Waals surface area contributed by atoms with Crippen LogP contribution in [-0.4, -0.2) is 56.0 Å². The number of methoxy groups -OCH3 is 1. The van der Waals surface area contributed by atoms with Crippen molar-refractivity contribution in [1.82, 2.24) is 4.90 Å². The van der Waals surface area contributed by atoms with Crippen molar-refractivity contribution < 1.29 is 23.1 Å². The fourth-order valence-electron chi connectivity index (χ4n) is 3.41. The summed E-state index contributed by atoms with van der Waals surface area (Å²) in [4.78, 5) is 11.3. The van der Waals surface area contributed by atoms with Gasteiger partial charge in [-0.2, -0.15) is 0 Å². The van der Waals surface area contributed by atoms with Crippen LogP contribution in [0.3, 0.4) is 0 Å². The lowest BCUT2D eigenvalue weighted by Crippen LogP contribution is -2.54. The summed E-state index contributed by atoms with van der Waals surface area (Å²) in [5.41, 5.74) is 7.56. The minimum absolute atomic E-state index is 0.156. The number of ether oxygens (including phenoxy) is 1. The molecule has 0 spiro atoms. The van der Waals surface area contributed by atoms with Crippen LogP contribution in [0.1, 0.15) is 19.3 Å². The topological polar surface area (TPSA) is 110 Å². The van der Waals surface area contributed by atoms with E-state index >= 15 is 0 Å². The molecule has 0 radical (unpaired) electrons. The van der Waals surface area contributed by atoms with Gasteiger partial charge in [0.05, 0.1) is 25.0 Å². The average molecular weight is 443 g/mol. The third-order valence-electron chi connectivity index (χ3n) is 5.41. The van der Waals surface area contributed by atoms with E-state index in [2.05, 4.69) is 16.7 Å². The number of likely N-dealkylation sites (tertiary alicyclic amines) is 1. The number of carbonyl (C=O) groups is 1. The van der Waals surface area contributed by atoms with Gasteiger partial charge < -0.3 is 15.6 Å². The molecule has 0 bridgehead atoms. The van der Waals surface area contributed by atoms with E-state index in [1.165, 1.54) is 12.1 Å². The van der Waals surface area contributed by atoms with Crippen LogP contribution in [0.4, 0.5) is 0 Å². The maximum Gasteiger partial charge on any atom is 0.340 e. The Morgan fingerprint density at radius 1 is 1.06 bits per heavy atom. The van der Waals surface area contributed by atoms with E-state index in [-0.39, 0.29) is 4.90 Å². The zero-order valence-electron chi connectivity index (χ0n) is 17.4. The monoisotopic (exact) mass is 442 g/mol. The molecule has 7 nitrogen and oxygen atoms in total. The molecule has 3 rings (SSSR count). The summed E-state index contributed by atoms with van der Waals surface area (Å²) in [5.74, 6) is 4.62. The highest BCUT2D eigenvalue weighted by Gasteiger charge is 2.48. The van der Waals surface area contributed by atoms with Crippen LogP contribution in [0.25, 0.3) is 11.1 Å². The van der Waals surface area contributed by atoms with Gasteiger partial charge >= 0.3 is 5.97 Å². The molecule has 0 aliphatic carbocycles. The summed E-state index contributed by atoms with van der Waals surface area (Å²) in [6.45, 7) is 2.37. The second kappa shape index (κ2) is 9.52. The molecule has 1 aliphatic heterocycles. The minimum atomic E-state index is -4.37. The first-order valence-electron chi connectivity index (χ1n) is 9.97. The Morgan fingerprint density at radius 3 is 2.13 bits per heavy atom. The summed E-state index contributed by atoms with van der Waals surface area (Å²) < 4.78 is 31.3. The van der Waals surface area contributed by atoms with Crippen LogP contribution in [0.15, 0.2) is 53.4 Å². The van der Waals surface area contributed by atoms with Crippen molar-refractivity contribution in [1.29, 1.82) is 0 Å². The highest BCUT2D eigenvalue weighted by atomic mass is 32.2. The molecule has 2 aromatic carbocycles. The lowest BCUT2D eigenvalue weighted by Gasteiger charge is -2.22. The lowest BCUT2D eigenvalue weighted by atomic mass is 10.1. The van der Waals surface area contributed by atoms with Gasteiger partial charge in [0.15, 0.2) is 0 Å². The van der Waals surface area contributed by atoms with Crippen LogP contribution in [0, 0.1) is 11.8 Å². The van der Waals surface area contributed by atoms with Gasteiger partial charge in [-0.3, -0.25) is 4.90 Å². The molecule has 1 saturated heterocycles. The number of aliphatic carboxylic acids is 1. The fraction of sp³-hybridized carbons (Fsp3) is 0.348. The molecule has 1 unspecified atom stereocenters. The number of carboxylic acid groups (broad SMARTS) is 1. The molecule has 1 heterocycles. The minimum Gasteiger partial charge on any atom is -0.497 e.